The van der Waals surface area contributed by atoms with Crippen molar-refractivity contribution in [3.05, 3.63) is 0 Å². The molecular formula is C9H20N4. The molecule has 0 amide bonds. The van der Waals surface area contributed by atoms with Gasteiger partial charge < -0.3 is 16.0 Å². The molecule has 0 aromatic rings. The summed E-state index contributed by atoms with van der Waals surface area (Å²) in [5.41, 5.74) is 0. The molecule has 0 radical (unpaired) electrons. The maximum Gasteiger partial charge on any atom is 0.0726 e. The SMILES string of the molecule is C1CNCC(N2CCNCC2)NC1. The van der Waals surface area contributed by atoms with Crippen molar-refractivity contribution in [1.82, 2.24) is 20.9 Å². The Bertz CT molecular complexity index is 137. The van der Waals surface area contributed by atoms with Crippen LogP contribution in [0, 0.1) is 0 Å². The zero-order valence-corrected chi connectivity index (χ0v) is 8.18. The van der Waals surface area contributed by atoms with Gasteiger partial charge in [-0.2, -0.15) is 0 Å². The summed E-state index contributed by atoms with van der Waals surface area (Å²) >= 11 is 0. The van der Waals surface area contributed by atoms with Gasteiger partial charge in [0.2, 0.25) is 0 Å². The maximum atomic E-state index is 3.59. The maximum absolute atomic E-state index is 3.59. The Kier molecular flexibility index (Phi) is 3.55. The van der Waals surface area contributed by atoms with Crippen LogP contribution in [0.15, 0.2) is 0 Å². The van der Waals surface area contributed by atoms with E-state index in [0.717, 1.165) is 32.7 Å². The lowest BCUT2D eigenvalue weighted by atomic mass is 10.3. The Morgan fingerprint density at radius 1 is 0.923 bits per heavy atom. The largest absolute Gasteiger partial charge is 0.314 e. The number of piperazine rings is 1. The van der Waals surface area contributed by atoms with Gasteiger partial charge in [-0.05, 0) is 19.5 Å². The molecule has 0 aromatic carbocycles. The Morgan fingerprint density at radius 3 is 2.62 bits per heavy atom. The number of rotatable bonds is 1. The predicted molar refractivity (Wildman–Crippen MR) is 53.7 cm³/mol. The summed E-state index contributed by atoms with van der Waals surface area (Å²) in [6.07, 6.45) is 1.81. The Morgan fingerprint density at radius 2 is 1.77 bits per heavy atom. The van der Waals surface area contributed by atoms with Crippen molar-refractivity contribution in [1.29, 1.82) is 0 Å². The van der Waals surface area contributed by atoms with Crippen molar-refractivity contribution in [2.45, 2.75) is 12.6 Å². The number of nitrogens with one attached hydrogen (secondary N) is 3. The molecule has 2 aliphatic heterocycles. The summed E-state index contributed by atoms with van der Waals surface area (Å²) in [5, 5.41) is 10.4. The van der Waals surface area contributed by atoms with Crippen molar-refractivity contribution in [2.24, 2.45) is 0 Å². The van der Waals surface area contributed by atoms with Gasteiger partial charge >= 0.3 is 0 Å². The van der Waals surface area contributed by atoms with Crippen LogP contribution in [0.25, 0.3) is 0 Å². The average molecular weight is 184 g/mol. The number of hydrogen-bond acceptors (Lipinski definition) is 4. The molecule has 0 aliphatic carbocycles. The van der Waals surface area contributed by atoms with E-state index in [2.05, 4.69) is 20.9 Å². The van der Waals surface area contributed by atoms with Gasteiger partial charge in [-0.15, -0.1) is 0 Å². The van der Waals surface area contributed by atoms with Crippen LogP contribution in [0.2, 0.25) is 0 Å². The third-order valence-corrected chi connectivity index (χ3v) is 2.84. The molecule has 3 N–H and O–H groups in total. The van der Waals surface area contributed by atoms with Crippen molar-refractivity contribution < 1.29 is 0 Å². The van der Waals surface area contributed by atoms with E-state index >= 15 is 0 Å². The van der Waals surface area contributed by atoms with Crippen molar-refractivity contribution in [3.63, 3.8) is 0 Å². The Labute approximate surface area is 80.1 Å². The molecule has 2 fully saturated rings. The molecule has 76 valence electrons. The van der Waals surface area contributed by atoms with Crippen LogP contribution >= 0.6 is 0 Å². The van der Waals surface area contributed by atoms with Crippen LogP contribution < -0.4 is 16.0 Å². The van der Waals surface area contributed by atoms with Crippen LogP contribution in [-0.2, 0) is 0 Å². The summed E-state index contributed by atoms with van der Waals surface area (Å²) in [4.78, 5) is 2.54. The zero-order valence-electron chi connectivity index (χ0n) is 8.18. The van der Waals surface area contributed by atoms with E-state index in [1.54, 1.807) is 0 Å². The van der Waals surface area contributed by atoms with Crippen LogP contribution in [0.3, 0.4) is 0 Å². The number of nitrogens with zero attached hydrogens (tertiary/aromatic N) is 1. The molecule has 0 saturated carbocycles. The summed E-state index contributed by atoms with van der Waals surface area (Å²) in [5.74, 6) is 0. The second kappa shape index (κ2) is 4.91. The Hall–Kier alpha value is -0.160. The zero-order chi connectivity index (χ0) is 8.93. The molecule has 0 aromatic heterocycles. The summed E-state index contributed by atoms with van der Waals surface area (Å²) < 4.78 is 0. The third-order valence-electron chi connectivity index (χ3n) is 2.84. The normalized spacial score (nSPS) is 32.8. The van der Waals surface area contributed by atoms with Crippen molar-refractivity contribution in [3.8, 4) is 0 Å². The molecule has 2 heterocycles. The molecule has 1 unspecified atom stereocenters. The molecule has 2 aliphatic rings. The smallest absolute Gasteiger partial charge is 0.0726 e. The average Bonchev–Trinajstić information content (AvgIpc) is 2.47. The highest BCUT2D eigenvalue weighted by molar-refractivity contribution is 4.78. The van der Waals surface area contributed by atoms with E-state index in [4.69, 9.17) is 0 Å². The highest BCUT2D eigenvalue weighted by atomic mass is 15.3. The number of hydrogen-bond donors (Lipinski definition) is 3. The standard InChI is InChI=1S/C9H20N4/c1-2-11-8-9(12-3-1)13-6-4-10-5-7-13/h9-12H,1-8H2. The molecule has 1 atom stereocenters. The van der Waals surface area contributed by atoms with Crippen LogP contribution in [0.5, 0.6) is 0 Å². The van der Waals surface area contributed by atoms with Gasteiger partial charge in [0, 0.05) is 32.7 Å². The predicted octanol–water partition coefficient (Wildman–Crippen LogP) is -1.20. The van der Waals surface area contributed by atoms with E-state index in [9.17, 15) is 0 Å². The van der Waals surface area contributed by atoms with Gasteiger partial charge in [0.15, 0.2) is 0 Å². The van der Waals surface area contributed by atoms with Gasteiger partial charge in [-0.1, -0.05) is 0 Å². The quantitative estimate of drug-likeness (QED) is 0.479. The van der Waals surface area contributed by atoms with Crippen LogP contribution in [0.1, 0.15) is 6.42 Å². The molecule has 13 heavy (non-hydrogen) atoms. The van der Waals surface area contributed by atoms with Crippen LogP contribution in [-0.4, -0.2) is 56.9 Å². The minimum atomic E-state index is 0.560. The monoisotopic (exact) mass is 184 g/mol. The van der Waals surface area contributed by atoms with E-state index in [0.29, 0.717) is 6.17 Å². The fourth-order valence-electron chi connectivity index (χ4n) is 2.05. The topological polar surface area (TPSA) is 39.3 Å². The van der Waals surface area contributed by atoms with Crippen LogP contribution in [0.4, 0.5) is 0 Å². The highest BCUT2D eigenvalue weighted by Gasteiger charge is 2.20. The second-order valence-electron chi connectivity index (χ2n) is 3.81. The summed E-state index contributed by atoms with van der Waals surface area (Å²) in [7, 11) is 0. The van der Waals surface area contributed by atoms with E-state index in [-0.39, 0.29) is 0 Å². The molecule has 2 saturated heterocycles. The van der Waals surface area contributed by atoms with Crippen molar-refractivity contribution >= 4 is 0 Å². The van der Waals surface area contributed by atoms with E-state index < -0.39 is 0 Å². The lowest BCUT2D eigenvalue weighted by Gasteiger charge is -2.34. The fraction of sp³-hybridized carbons (Fsp3) is 1.00. The first-order valence-corrected chi connectivity index (χ1v) is 5.36. The fourth-order valence-corrected chi connectivity index (χ4v) is 2.05. The minimum absolute atomic E-state index is 0.560. The molecule has 2 rings (SSSR count). The van der Waals surface area contributed by atoms with E-state index in [1.165, 1.54) is 19.5 Å². The first-order chi connectivity index (χ1) is 6.47. The van der Waals surface area contributed by atoms with Gasteiger partial charge in [0.25, 0.3) is 0 Å². The first kappa shape index (κ1) is 9.40. The summed E-state index contributed by atoms with van der Waals surface area (Å²) in [6.45, 7) is 8.05. The lowest BCUT2D eigenvalue weighted by Crippen LogP contribution is -2.56. The highest BCUT2D eigenvalue weighted by Crippen LogP contribution is 1.99. The molecular weight excluding hydrogens is 164 g/mol. The summed E-state index contributed by atoms with van der Waals surface area (Å²) in [6, 6.07) is 0. The van der Waals surface area contributed by atoms with Gasteiger partial charge in [0.05, 0.1) is 6.17 Å². The second-order valence-corrected chi connectivity index (χ2v) is 3.81. The van der Waals surface area contributed by atoms with Gasteiger partial charge in [0.1, 0.15) is 0 Å². The van der Waals surface area contributed by atoms with Gasteiger partial charge in [-0.3, -0.25) is 4.90 Å². The first-order valence-electron chi connectivity index (χ1n) is 5.36. The third kappa shape index (κ3) is 2.64. The van der Waals surface area contributed by atoms with Gasteiger partial charge in [-0.25, -0.2) is 0 Å². The lowest BCUT2D eigenvalue weighted by molar-refractivity contribution is 0.149. The Balaban J connectivity index is 1.82. The van der Waals surface area contributed by atoms with E-state index in [1.807, 2.05) is 0 Å². The molecule has 0 spiro atoms. The minimum Gasteiger partial charge on any atom is -0.314 e. The van der Waals surface area contributed by atoms with Crippen molar-refractivity contribution in [2.75, 3.05) is 45.8 Å². The molecule has 4 heteroatoms. The molecule has 4 nitrogen and oxygen atoms in total. The molecule has 0 bridgehead atoms.